The molecule has 1 aromatic heterocycles. The fourth-order valence-corrected chi connectivity index (χ4v) is 1.19. The summed E-state index contributed by atoms with van der Waals surface area (Å²) >= 11 is 0. The average molecular weight is 174 g/mol. The molecule has 2 rings (SSSR count). The highest BCUT2D eigenvalue weighted by Crippen LogP contribution is 2.30. The molecule has 0 atom stereocenters. The van der Waals surface area contributed by atoms with Crippen molar-refractivity contribution in [2.45, 2.75) is 0 Å². The molecule has 2 aromatic rings. The lowest BCUT2D eigenvalue weighted by Crippen LogP contribution is -1.84. The Morgan fingerprint density at radius 3 is 2.92 bits per heavy atom. The summed E-state index contributed by atoms with van der Waals surface area (Å²) in [5, 5.41) is 18.3. The number of nitrogens with zero attached hydrogens (tertiary/aromatic N) is 1. The van der Waals surface area contributed by atoms with E-state index >= 15 is 0 Å². The van der Waals surface area contributed by atoms with E-state index in [1.807, 2.05) is 6.07 Å². The van der Waals surface area contributed by atoms with Crippen molar-refractivity contribution < 1.29 is 9.52 Å². The topological polar surface area (TPSA) is 83.2 Å². The predicted octanol–water partition coefficient (Wildman–Crippen LogP) is 1.59. The van der Waals surface area contributed by atoms with Crippen molar-refractivity contribution in [3.63, 3.8) is 0 Å². The summed E-state index contributed by atoms with van der Waals surface area (Å²) in [5.74, 6) is 0.185. The van der Waals surface area contributed by atoms with E-state index < -0.39 is 0 Å². The van der Waals surface area contributed by atoms with Gasteiger partial charge in [-0.25, -0.2) is 0 Å². The van der Waals surface area contributed by atoms with E-state index in [2.05, 4.69) is 0 Å². The quantitative estimate of drug-likeness (QED) is 0.635. The number of phenolic OH excluding ortho intramolecular Hbond substituents is 1. The molecule has 0 bridgehead atoms. The molecule has 0 aliphatic rings. The molecule has 64 valence electrons. The Morgan fingerprint density at radius 1 is 1.46 bits per heavy atom. The van der Waals surface area contributed by atoms with Crippen LogP contribution in [0.5, 0.6) is 5.75 Å². The summed E-state index contributed by atoms with van der Waals surface area (Å²) in [6.45, 7) is 0. The lowest BCUT2D eigenvalue weighted by Gasteiger charge is -1.90. The molecule has 0 radical (unpaired) electrons. The number of phenols is 1. The normalized spacial score (nSPS) is 10.1. The minimum absolute atomic E-state index is 0.0839. The van der Waals surface area contributed by atoms with Gasteiger partial charge in [0.1, 0.15) is 17.4 Å². The van der Waals surface area contributed by atoms with Gasteiger partial charge in [0.2, 0.25) is 5.76 Å². The van der Waals surface area contributed by atoms with E-state index in [-0.39, 0.29) is 17.2 Å². The number of nitrogen functional groups attached to an aromatic ring is 1. The van der Waals surface area contributed by atoms with Gasteiger partial charge in [-0.3, -0.25) is 0 Å². The average Bonchev–Trinajstić information content (AvgIpc) is 2.44. The molecule has 0 amide bonds. The number of hydrogen-bond acceptors (Lipinski definition) is 4. The highest BCUT2D eigenvalue weighted by molar-refractivity contribution is 5.93. The van der Waals surface area contributed by atoms with Gasteiger partial charge in [0.15, 0.2) is 0 Å². The molecule has 0 spiro atoms. The van der Waals surface area contributed by atoms with Gasteiger partial charge in [-0.1, -0.05) is 0 Å². The van der Waals surface area contributed by atoms with Gasteiger partial charge < -0.3 is 15.3 Å². The Balaban J connectivity index is 2.87. The third-order valence-corrected chi connectivity index (χ3v) is 1.81. The minimum Gasteiger partial charge on any atom is -0.508 e. The Labute approximate surface area is 73.8 Å². The number of aromatic hydroxyl groups is 1. The third kappa shape index (κ3) is 0.983. The summed E-state index contributed by atoms with van der Waals surface area (Å²) in [5.41, 5.74) is 6.37. The first kappa shape index (κ1) is 7.50. The second-order valence-electron chi connectivity index (χ2n) is 2.64. The molecule has 4 nitrogen and oxygen atoms in total. The molecular weight excluding hydrogens is 168 g/mol. The van der Waals surface area contributed by atoms with Gasteiger partial charge >= 0.3 is 0 Å². The summed E-state index contributed by atoms with van der Waals surface area (Å²) in [4.78, 5) is 0. The lowest BCUT2D eigenvalue weighted by molar-refractivity contribution is 0.476. The molecule has 0 unspecified atom stereocenters. The van der Waals surface area contributed by atoms with Gasteiger partial charge in [-0.15, -0.1) is 0 Å². The van der Waals surface area contributed by atoms with E-state index in [1.54, 1.807) is 6.07 Å². The second kappa shape index (κ2) is 2.42. The fourth-order valence-electron chi connectivity index (χ4n) is 1.19. The third-order valence-electron chi connectivity index (χ3n) is 1.81. The molecule has 0 saturated carbocycles. The van der Waals surface area contributed by atoms with Crippen LogP contribution in [0.3, 0.4) is 0 Å². The zero-order chi connectivity index (χ0) is 9.42. The van der Waals surface area contributed by atoms with Crippen LogP contribution in [-0.4, -0.2) is 5.11 Å². The highest BCUT2D eigenvalue weighted by Gasteiger charge is 2.10. The van der Waals surface area contributed by atoms with Crippen LogP contribution in [0.1, 0.15) is 5.76 Å². The number of furan rings is 1. The molecular formula is C9H6N2O2. The second-order valence-corrected chi connectivity index (χ2v) is 2.64. The molecule has 0 saturated heterocycles. The van der Waals surface area contributed by atoms with Crippen molar-refractivity contribution in [2.75, 3.05) is 5.73 Å². The number of anilines is 1. The molecule has 0 aliphatic carbocycles. The summed E-state index contributed by atoms with van der Waals surface area (Å²) in [7, 11) is 0. The Kier molecular flexibility index (Phi) is 1.40. The van der Waals surface area contributed by atoms with Gasteiger partial charge in [-0.2, -0.15) is 5.26 Å². The summed E-state index contributed by atoms with van der Waals surface area (Å²) in [6.07, 6.45) is 0. The largest absolute Gasteiger partial charge is 0.508 e. The molecule has 1 aromatic carbocycles. The smallest absolute Gasteiger partial charge is 0.227 e. The van der Waals surface area contributed by atoms with Gasteiger partial charge in [0.25, 0.3) is 0 Å². The zero-order valence-corrected chi connectivity index (χ0v) is 6.61. The Morgan fingerprint density at radius 2 is 2.23 bits per heavy atom. The van der Waals surface area contributed by atoms with Crippen molar-refractivity contribution >= 4 is 16.7 Å². The zero-order valence-electron chi connectivity index (χ0n) is 6.61. The van der Waals surface area contributed by atoms with Crippen LogP contribution < -0.4 is 5.73 Å². The molecule has 0 fully saturated rings. The number of hydrogen-bond donors (Lipinski definition) is 2. The van der Waals surface area contributed by atoms with E-state index in [0.29, 0.717) is 11.0 Å². The maximum absolute atomic E-state index is 9.16. The maximum atomic E-state index is 9.16. The van der Waals surface area contributed by atoms with Crippen LogP contribution in [0.15, 0.2) is 22.6 Å². The van der Waals surface area contributed by atoms with Crippen LogP contribution in [0.2, 0.25) is 0 Å². The van der Waals surface area contributed by atoms with Crippen molar-refractivity contribution in [3.8, 4) is 11.8 Å². The molecule has 1 heterocycles. The first-order valence-corrected chi connectivity index (χ1v) is 3.63. The number of nitrogens with two attached hydrogens (primary N) is 1. The van der Waals surface area contributed by atoms with Crippen LogP contribution in [0.25, 0.3) is 11.0 Å². The van der Waals surface area contributed by atoms with Crippen LogP contribution in [-0.2, 0) is 0 Å². The van der Waals surface area contributed by atoms with Crippen molar-refractivity contribution in [3.05, 3.63) is 24.0 Å². The monoisotopic (exact) mass is 174 g/mol. The van der Waals surface area contributed by atoms with Gasteiger partial charge in [0.05, 0.1) is 5.69 Å². The summed E-state index contributed by atoms with van der Waals surface area (Å²) < 4.78 is 5.11. The summed E-state index contributed by atoms with van der Waals surface area (Å²) in [6, 6.07) is 6.35. The van der Waals surface area contributed by atoms with E-state index in [1.165, 1.54) is 12.1 Å². The van der Waals surface area contributed by atoms with E-state index in [9.17, 15) is 0 Å². The Bertz CT molecular complexity index is 508. The van der Waals surface area contributed by atoms with E-state index in [0.717, 1.165) is 0 Å². The molecule has 0 aliphatic heterocycles. The maximum Gasteiger partial charge on any atom is 0.227 e. The van der Waals surface area contributed by atoms with Crippen molar-refractivity contribution in [1.82, 2.24) is 0 Å². The number of benzene rings is 1. The minimum atomic E-state index is 0.0839. The number of rotatable bonds is 0. The standard InChI is InChI=1S/C9H6N2O2/c10-4-8-9(11)6-3-5(12)1-2-7(6)13-8/h1-3,12H,11H2. The number of nitriles is 1. The molecule has 13 heavy (non-hydrogen) atoms. The molecule has 4 heteroatoms. The van der Waals surface area contributed by atoms with Crippen LogP contribution in [0, 0.1) is 11.3 Å². The lowest BCUT2D eigenvalue weighted by atomic mass is 10.2. The highest BCUT2D eigenvalue weighted by atomic mass is 16.3. The first-order valence-electron chi connectivity index (χ1n) is 3.63. The molecule has 3 N–H and O–H groups in total. The van der Waals surface area contributed by atoms with Crippen LogP contribution >= 0.6 is 0 Å². The van der Waals surface area contributed by atoms with Crippen molar-refractivity contribution in [1.29, 1.82) is 5.26 Å². The Hall–Kier alpha value is -2.15. The van der Waals surface area contributed by atoms with Gasteiger partial charge in [-0.05, 0) is 18.2 Å². The fraction of sp³-hybridized carbons (Fsp3) is 0. The SMILES string of the molecule is N#Cc1oc2ccc(O)cc2c1N. The van der Waals surface area contributed by atoms with E-state index in [4.69, 9.17) is 20.5 Å². The first-order chi connectivity index (χ1) is 6.22. The van der Waals surface area contributed by atoms with Crippen molar-refractivity contribution in [2.24, 2.45) is 0 Å². The van der Waals surface area contributed by atoms with Gasteiger partial charge in [0, 0.05) is 5.39 Å². The number of fused-ring (bicyclic) bond motifs is 1. The predicted molar refractivity (Wildman–Crippen MR) is 47.0 cm³/mol. The van der Waals surface area contributed by atoms with Crippen LogP contribution in [0.4, 0.5) is 5.69 Å².